The SMILES string of the molecule is CCC(C)(OC)C(O)c1cncc(C)c1. The van der Waals surface area contributed by atoms with Gasteiger partial charge in [-0.1, -0.05) is 13.0 Å². The van der Waals surface area contributed by atoms with E-state index in [1.165, 1.54) is 0 Å². The van der Waals surface area contributed by atoms with Gasteiger partial charge in [-0.25, -0.2) is 0 Å². The zero-order valence-electron chi connectivity index (χ0n) is 9.82. The molecule has 0 radical (unpaired) electrons. The van der Waals surface area contributed by atoms with E-state index >= 15 is 0 Å². The summed E-state index contributed by atoms with van der Waals surface area (Å²) in [7, 11) is 1.62. The van der Waals surface area contributed by atoms with Gasteiger partial charge in [-0.05, 0) is 25.8 Å². The zero-order valence-corrected chi connectivity index (χ0v) is 9.82. The van der Waals surface area contributed by atoms with Gasteiger partial charge in [-0.3, -0.25) is 4.98 Å². The molecule has 0 aliphatic heterocycles. The van der Waals surface area contributed by atoms with Crippen LogP contribution in [0.1, 0.15) is 37.5 Å². The minimum Gasteiger partial charge on any atom is -0.385 e. The second-order valence-electron chi connectivity index (χ2n) is 4.07. The first-order valence-corrected chi connectivity index (χ1v) is 5.18. The van der Waals surface area contributed by atoms with Crippen LogP contribution in [0.4, 0.5) is 0 Å². The molecule has 0 bridgehead atoms. The molecule has 0 amide bonds. The lowest BCUT2D eigenvalue weighted by atomic mass is 9.91. The fourth-order valence-electron chi connectivity index (χ4n) is 1.53. The third-order valence-corrected chi connectivity index (χ3v) is 2.96. The van der Waals surface area contributed by atoms with Gasteiger partial charge in [0, 0.05) is 25.1 Å². The number of hydrogen-bond acceptors (Lipinski definition) is 3. The highest BCUT2D eigenvalue weighted by Crippen LogP contribution is 2.31. The fraction of sp³-hybridized carbons (Fsp3) is 0.583. The number of aryl methyl sites for hydroxylation is 1. The van der Waals surface area contributed by atoms with Crippen molar-refractivity contribution in [2.75, 3.05) is 7.11 Å². The van der Waals surface area contributed by atoms with E-state index in [-0.39, 0.29) is 0 Å². The Morgan fingerprint density at radius 1 is 1.53 bits per heavy atom. The van der Waals surface area contributed by atoms with Crippen LogP contribution < -0.4 is 0 Å². The summed E-state index contributed by atoms with van der Waals surface area (Å²) in [5.74, 6) is 0. The second-order valence-corrected chi connectivity index (χ2v) is 4.07. The van der Waals surface area contributed by atoms with Crippen molar-refractivity contribution in [1.29, 1.82) is 0 Å². The van der Waals surface area contributed by atoms with E-state index in [1.54, 1.807) is 19.5 Å². The zero-order chi connectivity index (χ0) is 11.5. The number of aliphatic hydroxyl groups excluding tert-OH is 1. The molecule has 3 heteroatoms. The quantitative estimate of drug-likeness (QED) is 0.827. The fourth-order valence-corrected chi connectivity index (χ4v) is 1.53. The summed E-state index contributed by atoms with van der Waals surface area (Å²) in [5, 5.41) is 10.2. The van der Waals surface area contributed by atoms with E-state index in [4.69, 9.17) is 4.74 Å². The molecule has 1 N–H and O–H groups in total. The predicted molar refractivity (Wildman–Crippen MR) is 59.6 cm³/mol. The highest BCUT2D eigenvalue weighted by molar-refractivity contribution is 5.21. The Morgan fingerprint density at radius 2 is 2.20 bits per heavy atom. The van der Waals surface area contributed by atoms with Crippen LogP contribution in [-0.4, -0.2) is 22.8 Å². The summed E-state index contributed by atoms with van der Waals surface area (Å²) in [6, 6.07) is 1.94. The number of nitrogens with zero attached hydrogens (tertiary/aromatic N) is 1. The van der Waals surface area contributed by atoms with Crippen LogP contribution in [0, 0.1) is 6.92 Å². The third kappa shape index (κ3) is 2.55. The number of methoxy groups -OCH3 is 1. The van der Waals surface area contributed by atoms with Crippen molar-refractivity contribution in [3.63, 3.8) is 0 Å². The highest BCUT2D eigenvalue weighted by atomic mass is 16.5. The molecule has 2 atom stereocenters. The molecule has 0 saturated heterocycles. The number of hydrogen-bond donors (Lipinski definition) is 1. The molecule has 2 unspecified atom stereocenters. The van der Waals surface area contributed by atoms with Crippen LogP contribution in [0.25, 0.3) is 0 Å². The molecule has 0 aliphatic rings. The van der Waals surface area contributed by atoms with E-state index < -0.39 is 11.7 Å². The minimum atomic E-state index is -0.639. The van der Waals surface area contributed by atoms with Crippen LogP contribution in [0.2, 0.25) is 0 Å². The number of pyridine rings is 1. The van der Waals surface area contributed by atoms with Crippen LogP contribution in [0.15, 0.2) is 18.5 Å². The lowest BCUT2D eigenvalue weighted by molar-refractivity contribution is -0.0945. The second kappa shape index (κ2) is 4.73. The Kier molecular flexibility index (Phi) is 3.83. The molecule has 0 saturated carbocycles. The van der Waals surface area contributed by atoms with Crippen molar-refractivity contribution in [1.82, 2.24) is 4.98 Å². The van der Waals surface area contributed by atoms with E-state index in [0.717, 1.165) is 17.5 Å². The molecular formula is C12H19NO2. The van der Waals surface area contributed by atoms with Gasteiger partial charge in [0.15, 0.2) is 0 Å². The topological polar surface area (TPSA) is 42.4 Å². The van der Waals surface area contributed by atoms with Crippen molar-refractivity contribution < 1.29 is 9.84 Å². The van der Waals surface area contributed by atoms with Gasteiger partial charge >= 0.3 is 0 Å². The van der Waals surface area contributed by atoms with Gasteiger partial charge in [0.2, 0.25) is 0 Å². The standard InChI is InChI=1S/C12H19NO2/c1-5-12(3,15-4)11(14)10-6-9(2)7-13-8-10/h6-8,11,14H,5H2,1-4H3. The smallest absolute Gasteiger partial charge is 0.109 e. The molecule has 1 aromatic heterocycles. The normalized spacial score (nSPS) is 17.1. The Balaban J connectivity index is 2.97. The summed E-state index contributed by atoms with van der Waals surface area (Å²) >= 11 is 0. The summed E-state index contributed by atoms with van der Waals surface area (Å²) in [6.07, 6.45) is 3.56. The van der Waals surface area contributed by atoms with E-state index in [2.05, 4.69) is 4.98 Å². The van der Waals surface area contributed by atoms with Gasteiger partial charge in [0.25, 0.3) is 0 Å². The molecule has 1 aromatic rings. The Morgan fingerprint density at radius 3 is 2.67 bits per heavy atom. The van der Waals surface area contributed by atoms with Crippen LogP contribution in [-0.2, 0) is 4.74 Å². The molecule has 15 heavy (non-hydrogen) atoms. The molecule has 0 aromatic carbocycles. The third-order valence-electron chi connectivity index (χ3n) is 2.96. The van der Waals surface area contributed by atoms with E-state index in [9.17, 15) is 5.11 Å². The first-order valence-electron chi connectivity index (χ1n) is 5.18. The molecule has 0 fully saturated rings. The molecule has 0 spiro atoms. The molecule has 1 rings (SSSR count). The molecule has 1 heterocycles. The average molecular weight is 209 g/mol. The van der Waals surface area contributed by atoms with Crippen LogP contribution in [0.5, 0.6) is 0 Å². The van der Waals surface area contributed by atoms with Crippen molar-refractivity contribution in [2.45, 2.75) is 38.9 Å². The first kappa shape index (κ1) is 12.1. The van der Waals surface area contributed by atoms with Gasteiger partial charge in [0.1, 0.15) is 6.10 Å². The highest BCUT2D eigenvalue weighted by Gasteiger charge is 2.32. The number of ether oxygens (including phenoxy) is 1. The monoisotopic (exact) mass is 209 g/mol. The predicted octanol–water partition coefficient (Wildman–Crippen LogP) is 2.24. The van der Waals surface area contributed by atoms with Crippen LogP contribution in [0.3, 0.4) is 0 Å². The Labute approximate surface area is 91.1 Å². The van der Waals surface area contributed by atoms with Gasteiger partial charge in [-0.15, -0.1) is 0 Å². The van der Waals surface area contributed by atoms with Crippen molar-refractivity contribution in [2.24, 2.45) is 0 Å². The number of aromatic nitrogens is 1. The lowest BCUT2D eigenvalue weighted by Gasteiger charge is -2.32. The van der Waals surface area contributed by atoms with Gasteiger partial charge < -0.3 is 9.84 Å². The first-order chi connectivity index (χ1) is 7.03. The van der Waals surface area contributed by atoms with Gasteiger partial charge in [0.05, 0.1) is 5.60 Å². The maximum atomic E-state index is 10.2. The van der Waals surface area contributed by atoms with Crippen molar-refractivity contribution in [3.8, 4) is 0 Å². The summed E-state index contributed by atoms with van der Waals surface area (Å²) in [4.78, 5) is 4.07. The Hall–Kier alpha value is -0.930. The maximum Gasteiger partial charge on any atom is 0.109 e. The number of rotatable bonds is 4. The van der Waals surface area contributed by atoms with Crippen LogP contribution >= 0.6 is 0 Å². The largest absolute Gasteiger partial charge is 0.385 e. The molecule has 0 aliphatic carbocycles. The summed E-state index contributed by atoms with van der Waals surface area (Å²) in [6.45, 7) is 5.86. The summed E-state index contributed by atoms with van der Waals surface area (Å²) < 4.78 is 5.37. The molecule has 84 valence electrons. The number of aliphatic hydroxyl groups is 1. The average Bonchev–Trinajstić information content (AvgIpc) is 2.27. The van der Waals surface area contributed by atoms with E-state index in [1.807, 2.05) is 26.8 Å². The minimum absolute atomic E-state index is 0.546. The van der Waals surface area contributed by atoms with Gasteiger partial charge in [-0.2, -0.15) is 0 Å². The molecule has 3 nitrogen and oxygen atoms in total. The summed E-state index contributed by atoms with van der Waals surface area (Å²) in [5.41, 5.74) is 1.30. The van der Waals surface area contributed by atoms with Crippen molar-refractivity contribution in [3.05, 3.63) is 29.6 Å². The maximum absolute atomic E-state index is 10.2. The molecular weight excluding hydrogens is 190 g/mol. The van der Waals surface area contributed by atoms with E-state index in [0.29, 0.717) is 0 Å². The van der Waals surface area contributed by atoms with Crippen molar-refractivity contribution >= 4 is 0 Å². The lowest BCUT2D eigenvalue weighted by Crippen LogP contribution is -2.34. The Bertz CT molecular complexity index is 321.